The van der Waals surface area contributed by atoms with E-state index in [1.54, 1.807) is 0 Å². The van der Waals surface area contributed by atoms with E-state index in [-0.39, 0.29) is 12.8 Å². The number of esters is 1. The third-order valence-electron chi connectivity index (χ3n) is 10.2. The molecule has 0 bridgehead atoms. The highest BCUT2D eigenvalue weighted by atomic mass is 16.5. The summed E-state index contributed by atoms with van der Waals surface area (Å²) in [6, 6.07) is 0. The van der Waals surface area contributed by atoms with Gasteiger partial charge in [-0.3, -0.25) is 9.59 Å². The first-order chi connectivity index (χ1) is 36.1. The SMILES string of the molecule is CC/C=C\C/C=C\C/C=C\C/C=C\C/C=C\C/C=C\CCC(=O)O.CC/C=C\C/C=C\C/C=C\C/C=C\C/C=C\C/C=C\CCC(=O)OC[C@@H](O)[C@@H](O)[C@H](O)[C@H](O)[C@H](O)CO.OC[C@@H](O)[C@@H](O)C(O)[C@H](O)[C@H](O)CO. The van der Waals surface area contributed by atoms with Crippen molar-refractivity contribution in [1.29, 1.82) is 0 Å². The summed E-state index contributed by atoms with van der Waals surface area (Å²) < 4.78 is 4.86. The molecule has 0 aromatic rings. The maximum Gasteiger partial charge on any atom is 0.306 e. The fourth-order valence-corrected chi connectivity index (χ4v) is 5.67. The van der Waals surface area contributed by atoms with Crippen LogP contribution in [-0.4, -0.2) is 171 Å². The summed E-state index contributed by atoms with van der Waals surface area (Å²) >= 11 is 0. The molecule has 17 nitrogen and oxygen atoms in total. The molecule has 75 heavy (non-hydrogen) atoms. The summed E-state index contributed by atoms with van der Waals surface area (Å²) in [5, 5.41) is 127. The van der Waals surface area contributed by atoms with Gasteiger partial charge in [-0.25, -0.2) is 0 Å². The van der Waals surface area contributed by atoms with Gasteiger partial charge in [0.05, 0.1) is 19.8 Å². The molecule has 9 atom stereocenters. The van der Waals surface area contributed by atoms with Gasteiger partial charge in [0, 0.05) is 12.8 Å². The summed E-state index contributed by atoms with van der Waals surface area (Å²) in [6.45, 7) is 1.28. The zero-order chi connectivity index (χ0) is 56.7. The summed E-state index contributed by atoms with van der Waals surface area (Å²) in [4.78, 5) is 22.1. The van der Waals surface area contributed by atoms with E-state index in [0.717, 1.165) is 77.0 Å². The summed E-state index contributed by atoms with van der Waals surface area (Å²) in [6.07, 6.45) is 46.0. The normalized spacial score (nSPS) is 16.4. The van der Waals surface area contributed by atoms with Crippen molar-refractivity contribution in [3.05, 3.63) is 146 Å². The molecule has 0 spiro atoms. The van der Waals surface area contributed by atoms with E-state index >= 15 is 0 Å². The predicted molar refractivity (Wildman–Crippen MR) is 295 cm³/mol. The van der Waals surface area contributed by atoms with Crippen LogP contribution in [0.3, 0.4) is 0 Å². The van der Waals surface area contributed by atoms with Gasteiger partial charge in [-0.05, 0) is 89.9 Å². The van der Waals surface area contributed by atoms with E-state index < -0.39 is 99.4 Å². The first kappa shape index (κ1) is 74.5. The number of allylic oxidation sites excluding steroid dienone is 24. The Balaban J connectivity index is -0.00000116. The summed E-state index contributed by atoms with van der Waals surface area (Å²) in [5.74, 6) is -1.33. The molecule has 0 heterocycles. The van der Waals surface area contributed by atoms with Gasteiger partial charge in [-0.2, -0.15) is 0 Å². The molecule has 0 amide bonds. The quantitative estimate of drug-likeness (QED) is 0.0279. The molecule has 14 N–H and O–H groups in total. The number of hydrogen-bond donors (Lipinski definition) is 14. The number of hydrogen-bond acceptors (Lipinski definition) is 16. The number of carbonyl (C=O) groups excluding carboxylic acids is 1. The van der Waals surface area contributed by atoms with E-state index in [4.69, 9.17) is 50.7 Å². The molecule has 0 saturated carbocycles. The Bertz CT molecular complexity index is 1690. The molecule has 0 unspecified atom stereocenters. The Hall–Kier alpha value is -4.70. The van der Waals surface area contributed by atoms with Crippen LogP contribution < -0.4 is 0 Å². The van der Waals surface area contributed by atoms with Crippen molar-refractivity contribution in [3.63, 3.8) is 0 Å². The van der Waals surface area contributed by atoms with Gasteiger partial charge in [0.1, 0.15) is 67.6 Å². The number of aliphatic hydroxyl groups excluding tert-OH is 13. The molecule has 0 saturated heterocycles. The molecule has 0 aliphatic carbocycles. The first-order valence-corrected chi connectivity index (χ1v) is 25.9. The minimum atomic E-state index is -1.92. The monoisotopic (exact) mass is 1060 g/mol. The molecule has 0 radical (unpaired) electrons. The number of rotatable bonds is 41. The number of carbonyl (C=O) groups is 2. The lowest BCUT2D eigenvalue weighted by molar-refractivity contribution is -0.161. The Labute approximate surface area is 446 Å². The molecule has 0 fully saturated rings. The number of aliphatic carboxylic acids is 1. The minimum absolute atomic E-state index is 0.0827. The van der Waals surface area contributed by atoms with Crippen LogP contribution in [0, 0.1) is 0 Å². The highest BCUT2D eigenvalue weighted by Crippen LogP contribution is 2.11. The van der Waals surface area contributed by atoms with Crippen molar-refractivity contribution >= 4 is 11.9 Å². The lowest BCUT2D eigenvalue weighted by atomic mass is 10.00. The van der Waals surface area contributed by atoms with Crippen LogP contribution in [0.1, 0.15) is 117 Å². The Morgan fingerprint density at radius 3 is 0.800 bits per heavy atom. The smallest absolute Gasteiger partial charge is 0.306 e. The number of carboxylic acids is 1. The highest BCUT2D eigenvalue weighted by molar-refractivity contribution is 5.69. The maximum absolute atomic E-state index is 11.7. The van der Waals surface area contributed by atoms with Crippen LogP contribution in [-0.2, 0) is 14.3 Å². The van der Waals surface area contributed by atoms with Crippen LogP contribution in [0.2, 0.25) is 0 Å². The van der Waals surface area contributed by atoms with Crippen molar-refractivity contribution < 1.29 is 85.8 Å². The van der Waals surface area contributed by atoms with E-state index in [1.165, 1.54) is 0 Å². The topological polar surface area (TPSA) is 327 Å². The third-order valence-corrected chi connectivity index (χ3v) is 10.2. The lowest BCUT2D eigenvalue weighted by Gasteiger charge is -2.28. The van der Waals surface area contributed by atoms with E-state index in [0.29, 0.717) is 12.8 Å². The maximum atomic E-state index is 11.7. The van der Waals surface area contributed by atoms with Gasteiger partial charge < -0.3 is 76.2 Å². The van der Waals surface area contributed by atoms with Gasteiger partial charge in [0.15, 0.2) is 0 Å². The van der Waals surface area contributed by atoms with Gasteiger partial charge in [-0.15, -0.1) is 0 Å². The Morgan fingerprint density at radius 2 is 0.560 bits per heavy atom. The molecule has 0 rings (SSSR count). The van der Waals surface area contributed by atoms with Gasteiger partial charge in [0.2, 0.25) is 0 Å². The fourth-order valence-electron chi connectivity index (χ4n) is 5.67. The van der Waals surface area contributed by atoms with E-state index in [9.17, 15) is 35.1 Å². The van der Waals surface area contributed by atoms with E-state index in [1.807, 2.05) is 30.4 Å². The van der Waals surface area contributed by atoms with Gasteiger partial charge in [0.25, 0.3) is 0 Å². The fraction of sp³-hybridized carbons (Fsp3) is 0.552. The van der Waals surface area contributed by atoms with Gasteiger partial charge >= 0.3 is 11.9 Å². The zero-order valence-electron chi connectivity index (χ0n) is 44.3. The summed E-state index contributed by atoms with van der Waals surface area (Å²) in [7, 11) is 0. The third kappa shape index (κ3) is 48.7. The van der Waals surface area contributed by atoms with Crippen molar-refractivity contribution in [2.45, 2.75) is 178 Å². The average molecular weight is 1060 g/mol. The van der Waals surface area contributed by atoms with Crippen molar-refractivity contribution in [3.8, 4) is 0 Å². The Kier molecular flexibility index (Phi) is 55.2. The van der Waals surface area contributed by atoms with Crippen LogP contribution in [0.4, 0.5) is 0 Å². The van der Waals surface area contributed by atoms with Crippen LogP contribution in [0.15, 0.2) is 146 Å². The molecule has 0 aromatic carbocycles. The zero-order valence-corrected chi connectivity index (χ0v) is 44.3. The average Bonchev–Trinajstić information content (AvgIpc) is 3.41. The molecule has 17 heteroatoms. The minimum Gasteiger partial charge on any atom is -0.481 e. The molecule has 0 aliphatic heterocycles. The molecule has 428 valence electrons. The Morgan fingerprint density at radius 1 is 0.333 bits per heavy atom. The number of ether oxygens (including phenoxy) is 1. The highest BCUT2D eigenvalue weighted by Gasteiger charge is 2.35. The molecular weight excluding hydrogens is 969 g/mol. The first-order valence-electron chi connectivity index (χ1n) is 25.9. The second-order valence-electron chi connectivity index (χ2n) is 16.7. The van der Waals surface area contributed by atoms with Crippen LogP contribution in [0.5, 0.6) is 0 Å². The molecule has 0 aliphatic rings. The summed E-state index contributed by atoms with van der Waals surface area (Å²) in [5.41, 5.74) is 0. The molecular formula is C58H94O17. The second-order valence-corrected chi connectivity index (χ2v) is 16.7. The molecule has 0 aromatic heterocycles. The van der Waals surface area contributed by atoms with Crippen molar-refractivity contribution in [2.24, 2.45) is 0 Å². The second kappa shape index (κ2) is 55.5. The number of aliphatic hydroxyl groups is 13. The van der Waals surface area contributed by atoms with Crippen molar-refractivity contribution in [2.75, 3.05) is 26.4 Å². The van der Waals surface area contributed by atoms with Crippen LogP contribution in [0.25, 0.3) is 0 Å². The largest absolute Gasteiger partial charge is 0.481 e. The van der Waals surface area contributed by atoms with Crippen LogP contribution >= 0.6 is 0 Å². The van der Waals surface area contributed by atoms with Gasteiger partial charge in [-0.1, -0.05) is 160 Å². The number of carboxylic acid groups (broad SMARTS) is 1. The standard InChI is InChI=1S/C29H46O8.C22H32O2.C7H16O7/c1-2-3-4-5-6-7-8-9-10-11-12-13-14-15-16-17-18-19-20-21-26(33)37-23-25(32)28(35)29(36)27(34)24(31)22-30;1-2-3-4-5-6-7-8-9-10-11-12-13-14-15-16-17-18-19-20-21-22(23)24;8-1-3(10)5(12)7(14)6(13)4(11)2-9/h3-4,6-7,9-10,12-13,15-16,18-19,24-25,27-32,34-36H,2,5,8,11,14,17,20-23H2,1H3;3-4,6-7,9-10,12-13,15-16,18-19H,2,5,8,11,14,17,20-21H2,1H3,(H,23,24);3-14H,1-2H2/b2*4-3-,7-6-,10-9-,13-12-,16-15-,19-18-;/t24-,25-,27-,28-,29-;;3-,4-,5-,6-/m1.1/s1. The predicted octanol–water partition coefficient (Wildman–Crippen LogP) is 5.13. The van der Waals surface area contributed by atoms with Crippen molar-refractivity contribution in [1.82, 2.24) is 0 Å². The van der Waals surface area contributed by atoms with E-state index in [2.05, 4.69) is 129 Å². The lowest BCUT2D eigenvalue weighted by Crippen LogP contribution is -2.51.